The van der Waals surface area contributed by atoms with Crippen molar-refractivity contribution in [3.8, 4) is 11.8 Å². The molecule has 2 nitrogen and oxygen atoms in total. The zero-order valence-corrected chi connectivity index (χ0v) is 10.4. The zero-order valence-electron chi connectivity index (χ0n) is 10.4. The van der Waals surface area contributed by atoms with E-state index in [0.29, 0.717) is 5.69 Å². The molecule has 98 valence electrons. The van der Waals surface area contributed by atoms with Gasteiger partial charge >= 0.3 is 6.18 Å². The molecular weight excluding hydrogens is 253 g/mol. The van der Waals surface area contributed by atoms with E-state index in [4.69, 9.17) is 5.26 Å². The third-order valence-corrected chi connectivity index (χ3v) is 2.96. The largest absolute Gasteiger partial charge is 0.416 e. The van der Waals surface area contributed by atoms with Crippen molar-refractivity contribution in [2.45, 2.75) is 20.0 Å². The summed E-state index contributed by atoms with van der Waals surface area (Å²) in [6, 6.07) is 8.75. The highest BCUT2D eigenvalue weighted by Gasteiger charge is 2.31. The van der Waals surface area contributed by atoms with Gasteiger partial charge in [0.2, 0.25) is 0 Å². The average Bonchev–Trinajstić information content (AvgIpc) is 2.67. The monoisotopic (exact) mass is 264 g/mol. The smallest absolute Gasteiger partial charge is 0.317 e. The summed E-state index contributed by atoms with van der Waals surface area (Å²) in [4.78, 5) is 0. The van der Waals surface area contributed by atoms with Crippen LogP contribution >= 0.6 is 0 Å². The van der Waals surface area contributed by atoms with E-state index in [-0.39, 0.29) is 5.56 Å². The van der Waals surface area contributed by atoms with E-state index in [2.05, 4.69) is 0 Å². The maximum Gasteiger partial charge on any atom is 0.416 e. The van der Waals surface area contributed by atoms with Gasteiger partial charge < -0.3 is 4.57 Å². The second kappa shape index (κ2) is 4.47. The molecule has 0 aliphatic rings. The molecule has 0 bridgehead atoms. The van der Waals surface area contributed by atoms with E-state index in [1.54, 1.807) is 4.57 Å². The van der Waals surface area contributed by atoms with Crippen molar-refractivity contribution in [1.82, 2.24) is 4.57 Å². The van der Waals surface area contributed by atoms with Crippen LogP contribution in [0.3, 0.4) is 0 Å². The summed E-state index contributed by atoms with van der Waals surface area (Å²) in [6.07, 6.45) is -4.44. The number of alkyl halides is 3. The molecule has 0 radical (unpaired) electrons. The number of aromatic nitrogens is 1. The SMILES string of the molecule is Cc1ccc(C)n1-c1ccc(C(F)(F)F)cc1C#N. The van der Waals surface area contributed by atoms with Crippen molar-refractivity contribution in [3.05, 3.63) is 52.8 Å². The van der Waals surface area contributed by atoms with Gasteiger partial charge in [-0.25, -0.2) is 0 Å². The van der Waals surface area contributed by atoms with Gasteiger partial charge in [0.05, 0.1) is 16.8 Å². The summed E-state index contributed by atoms with van der Waals surface area (Å²) in [6.45, 7) is 3.68. The van der Waals surface area contributed by atoms with Crippen LogP contribution in [0, 0.1) is 25.2 Å². The molecule has 0 amide bonds. The van der Waals surface area contributed by atoms with Gasteiger partial charge in [-0.3, -0.25) is 0 Å². The summed E-state index contributed by atoms with van der Waals surface area (Å²) in [5.41, 5.74) is 1.41. The first-order valence-electron chi connectivity index (χ1n) is 5.61. The molecule has 2 aromatic rings. The fourth-order valence-electron chi connectivity index (χ4n) is 2.05. The first-order chi connectivity index (χ1) is 8.84. The van der Waals surface area contributed by atoms with Crippen LogP contribution in [0.4, 0.5) is 13.2 Å². The van der Waals surface area contributed by atoms with Gasteiger partial charge in [-0.2, -0.15) is 18.4 Å². The third kappa shape index (κ3) is 2.34. The Bertz CT molecular complexity index is 641. The molecule has 0 N–H and O–H groups in total. The molecule has 2 rings (SSSR count). The van der Waals surface area contributed by atoms with E-state index in [1.165, 1.54) is 6.07 Å². The van der Waals surface area contributed by atoms with E-state index in [0.717, 1.165) is 23.5 Å². The van der Waals surface area contributed by atoms with Crippen molar-refractivity contribution in [1.29, 1.82) is 5.26 Å². The van der Waals surface area contributed by atoms with Gasteiger partial charge in [0.15, 0.2) is 0 Å². The van der Waals surface area contributed by atoms with Gasteiger partial charge in [-0.05, 0) is 44.2 Å². The van der Waals surface area contributed by atoms with E-state index < -0.39 is 11.7 Å². The fraction of sp³-hybridized carbons (Fsp3) is 0.214. The molecule has 1 heterocycles. The highest BCUT2D eigenvalue weighted by atomic mass is 19.4. The summed E-state index contributed by atoms with van der Waals surface area (Å²) >= 11 is 0. The molecular formula is C14H11F3N2. The fourth-order valence-corrected chi connectivity index (χ4v) is 2.05. The minimum Gasteiger partial charge on any atom is -0.317 e. The molecule has 0 saturated heterocycles. The number of nitrogens with zero attached hydrogens (tertiary/aromatic N) is 2. The Morgan fingerprint density at radius 1 is 1.05 bits per heavy atom. The number of rotatable bonds is 1. The van der Waals surface area contributed by atoms with Crippen molar-refractivity contribution in [2.75, 3.05) is 0 Å². The third-order valence-electron chi connectivity index (χ3n) is 2.96. The number of hydrogen-bond acceptors (Lipinski definition) is 1. The first kappa shape index (κ1) is 13.2. The standard InChI is InChI=1S/C14H11F3N2/c1-9-3-4-10(2)19(9)13-6-5-12(14(15,16)17)7-11(13)8-18/h3-7H,1-2H3. The predicted molar refractivity (Wildman–Crippen MR) is 65.0 cm³/mol. The van der Waals surface area contributed by atoms with Gasteiger partial charge in [-0.1, -0.05) is 0 Å². The molecule has 0 unspecified atom stereocenters. The van der Waals surface area contributed by atoms with Crippen LogP contribution in [0.2, 0.25) is 0 Å². The molecule has 0 aliphatic heterocycles. The predicted octanol–water partition coefficient (Wildman–Crippen LogP) is 3.98. The van der Waals surface area contributed by atoms with Crippen molar-refractivity contribution in [2.24, 2.45) is 0 Å². The lowest BCUT2D eigenvalue weighted by Crippen LogP contribution is -2.08. The van der Waals surface area contributed by atoms with Crippen LogP contribution < -0.4 is 0 Å². The number of halogens is 3. The topological polar surface area (TPSA) is 28.7 Å². The van der Waals surface area contributed by atoms with Gasteiger partial charge in [0.25, 0.3) is 0 Å². The van der Waals surface area contributed by atoms with Gasteiger partial charge in [-0.15, -0.1) is 0 Å². The molecule has 0 fully saturated rings. The Balaban J connectivity index is 2.65. The lowest BCUT2D eigenvalue weighted by atomic mass is 10.1. The second-order valence-electron chi connectivity index (χ2n) is 4.29. The number of nitriles is 1. The van der Waals surface area contributed by atoms with Crippen LogP contribution in [0.5, 0.6) is 0 Å². The molecule has 1 aromatic carbocycles. The van der Waals surface area contributed by atoms with E-state index in [9.17, 15) is 13.2 Å². The Kier molecular flexibility index (Phi) is 3.11. The normalized spacial score (nSPS) is 11.4. The van der Waals surface area contributed by atoms with E-state index >= 15 is 0 Å². The molecule has 0 aliphatic carbocycles. The van der Waals surface area contributed by atoms with Crippen molar-refractivity contribution in [3.63, 3.8) is 0 Å². The van der Waals surface area contributed by atoms with Crippen LogP contribution in [0.1, 0.15) is 22.5 Å². The maximum atomic E-state index is 12.6. The summed E-state index contributed by atoms with van der Waals surface area (Å²) in [7, 11) is 0. The first-order valence-corrected chi connectivity index (χ1v) is 5.61. The minimum absolute atomic E-state index is 0.0113. The van der Waals surface area contributed by atoms with Gasteiger partial charge in [0, 0.05) is 11.4 Å². The van der Waals surface area contributed by atoms with Crippen LogP contribution in [0.15, 0.2) is 30.3 Å². The highest BCUT2D eigenvalue weighted by molar-refractivity contribution is 5.53. The van der Waals surface area contributed by atoms with Gasteiger partial charge in [0.1, 0.15) is 6.07 Å². The number of benzene rings is 1. The highest BCUT2D eigenvalue weighted by Crippen LogP contribution is 2.31. The average molecular weight is 264 g/mol. The molecule has 0 spiro atoms. The molecule has 0 saturated carbocycles. The Morgan fingerprint density at radius 2 is 1.63 bits per heavy atom. The second-order valence-corrected chi connectivity index (χ2v) is 4.29. The lowest BCUT2D eigenvalue weighted by molar-refractivity contribution is -0.137. The molecule has 0 atom stereocenters. The Morgan fingerprint density at radius 3 is 2.11 bits per heavy atom. The van der Waals surface area contributed by atoms with Crippen molar-refractivity contribution < 1.29 is 13.2 Å². The van der Waals surface area contributed by atoms with Crippen molar-refractivity contribution >= 4 is 0 Å². The van der Waals surface area contributed by atoms with Crippen LogP contribution in [-0.2, 0) is 6.18 Å². The minimum atomic E-state index is -4.44. The maximum absolute atomic E-state index is 12.6. The Hall–Kier alpha value is -2.22. The summed E-state index contributed by atoms with van der Waals surface area (Å²) in [5, 5.41) is 9.06. The molecule has 5 heteroatoms. The van der Waals surface area contributed by atoms with Crippen LogP contribution in [0.25, 0.3) is 5.69 Å². The summed E-state index contributed by atoms with van der Waals surface area (Å²) < 4.78 is 39.6. The zero-order chi connectivity index (χ0) is 14.2. The lowest BCUT2D eigenvalue weighted by Gasteiger charge is -2.13. The van der Waals surface area contributed by atoms with Crippen LogP contribution in [-0.4, -0.2) is 4.57 Å². The molecule has 1 aromatic heterocycles. The molecule has 19 heavy (non-hydrogen) atoms. The quantitative estimate of drug-likeness (QED) is 0.765. The van der Waals surface area contributed by atoms with E-state index in [1.807, 2.05) is 32.0 Å². The number of aryl methyl sites for hydroxylation is 2. The Labute approximate surface area is 108 Å². The summed E-state index contributed by atoms with van der Waals surface area (Å²) in [5.74, 6) is 0. The number of hydrogen-bond donors (Lipinski definition) is 0.